The van der Waals surface area contributed by atoms with Crippen LogP contribution in [-0.4, -0.2) is 35.8 Å². The Hall–Kier alpha value is -0.770. The van der Waals surface area contributed by atoms with Crippen LogP contribution in [0.25, 0.3) is 0 Å². The van der Waals surface area contributed by atoms with Crippen molar-refractivity contribution in [1.29, 1.82) is 0 Å². The van der Waals surface area contributed by atoms with Crippen LogP contribution in [-0.2, 0) is 6.54 Å². The lowest BCUT2D eigenvalue weighted by atomic mass is 10.1. The predicted molar refractivity (Wildman–Crippen MR) is 75.3 cm³/mol. The summed E-state index contributed by atoms with van der Waals surface area (Å²) >= 11 is 6.01. The van der Waals surface area contributed by atoms with Gasteiger partial charge in [0.2, 0.25) is 0 Å². The Balaban J connectivity index is 2.84. The molecule has 0 saturated carbocycles. The van der Waals surface area contributed by atoms with E-state index in [-0.39, 0.29) is 0 Å². The van der Waals surface area contributed by atoms with Gasteiger partial charge in [-0.05, 0) is 38.6 Å². The van der Waals surface area contributed by atoms with Crippen molar-refractivity contribution in [2.75, 3.05) is 20.2 Å². The fourth-order valence-electron chi connectivity index (χ4n) is 1.94. The zero-order chi connectivity index (χ0) is 13.8. The van der Waals surface area contributed by atoms with Crippen molar-refractivity contribution >= 4 is 11.6 Å². The molecule has 0 saturated heterocycles. The Kier molecular flexibility index (Phi) is 5.45. The second-order valence-electron chi connectivity index (χ2n) is 5.07. The first kappa shape index (κ1) is 15.3. The maximum absolute atomic E-state index is 9.88. The largest absolute Gasteiger partial charge is 0.496 e. The van der Waals surface area contributed by atoms with E-state index in [9.17, 15) is 5.11 Å². The molecular formula is C14H22ClNO2. The fourth-order valence-corrected chi connectivity index (χ4v) is 2.13. The Morgan fingerprint density at radius 2 is 2.06 bits per heavy atom. The van der Waals surface area contributed by atoms with Gasteiger partial charge in [0.1, 0.15) is 5.75 Å². The third-order valence-electron chi connectivity index (χ3n) is 2.69. The Bertz CT molecular complexity index is 388. The summed E-state index contributed by atoms with van der Waals surface area (Å²) in [6, 6.07) is 5.60. The van der Waals surface area contributed by atoms with Crippen molar-refractivity contribution in [3.05, 3.63) is 28.8 Å². The van der Waals surface area contributed by atoms with Crippen molar-refractivity contribution < 1.29 is 9.84 Å². The molecule has 102 valence electrons. The van der Waals surface area contributed by atoms with E-state index in [2.05, 4.69) is 11.8 Å². The van der Waals surface area contributed by atoms with Gasteiger partial charge in [-0.15, -0.1) is 0 Å². The third-order valence-corrected chi connectivity index (χ3v) is 2.93. The Labute approximate surface area is 114 Å². The van der Waals surface area contributed by atoms with Gasteiger partial charge >= 0.3 is 0 Å². The number of aliphatic hydroxyl groups is 1. The molecule has 3 nitrogen and oxygen atoms in total. The number of benzene rings is 1. The van der Waals surface area contributed by atoms with E-state index < -0.39 is 5.60 Å². The highest BCUT2D eigenvalue weighted by atomic mass is 35.5. The molecule has 0 unspecified atom stereocenters. The molecule has 1 aromatic carbocycles. The number of methoxy groups -OCH3 is 1. The molecule has 0 bridgehead atoms. The van der Waals surface area contributed by atoms with Crippen LogP contribution in [0.5, 0.6) is 5.75 Å². The molecule has 0 aliphatic rings. The summed E-state index contributed by atoms with van der Waals surface area (Å²) in [7, 11) is 1.65. The molecule has 1 aromatic rings. The number of nitrogens with zero attached hydrogens (tertiary/aromatic N) is 1. The van der Waals surface area contributed by atoms with E-state index in [0.29, 0.717) is 18.1 Å². The van der Waals surface area contributed by atoms with Crippen LogP contribution < -0.4 is 4.74 Å². The standard InChI is InChI=1S/C14H22ClNO2/c1-5-16(10-14(2,3)17)9-11-8-12(15)6-7-13(11)18-4/h6-8,17H,5,9-10H2,1-4H3. The first-order valence-corrected chi connectivity index (χ1v) is 6.50. The highest BCUT2D eigenvalue weighted by Crippen LogP contribution is 2.24. The second kappa shape index (κ2) is 6.41. The van der Waals surface area contributed by atoms with Gasteiger partial charge in [-0.1, -0.05) is 18.5 Å². The number of halogens is 1. The van der Waals surface area contributed by atoms with Crippen molar-refractivity contribution in [2.45, 2.75) is 32.9 Å². The van der Waals surface area contributed by atoms with E-state index in [1.807, 2.05) is 32.0 Å². The van der Waals surface area contributed by atoms with Crippen molar-refractivity contribution in [1.82, 2.24) is 4.90 Å². The zero-order valence-electron chi connectivity index (χ0n) is 11.5. The van der Waals surface area contributed by atoms with Gasteiger partial charge in [-0.2, -0.15) is 0 Å². The minimum atomic E-state index is -0.707. The molecule has 0 atom stereocenters. The lowest BCUT2D eigenvalue weighted by Gasteiger charge is -2.28. The van der Waals surface area contributed by atoms with Crippen molar-refractivity contribution in [2.24, 2.45) is 0 Å². The van der Waals surface area contributed by atoms with E-state index in [4.69, 9.17) is 16.3 Å². The van der Waals surface area contributed by atoms with Crippen LogP contribution in [0.3, 0.4) is 0 Å². The lowest BCUT2D eigenvalue weighted by molar-refractivity contribution is 0.0351. The number of likely N-dealkylation sites (N-methyl/N-ethyl adjacent to an activating group) is 1. The molecule has 0 radical (unpaired) electrons. The van der Waals surface area contributed by atoms with Crippen molar-refractivity contribution in [3.63, 3.8) is 0 Å². The molecule has 1 N–H and O–H groups in total. The molecule has 4 heteroatoms. The molecule has 18 heavy (non-hydrogen) atoms. The summed E-state index contributed by atoms with van der Waals surface area (Å²) in [6.45, 7) is 7.88. The number of hydrogen-bond acceptors (Lipinski definition) is 3. The molecule has 0 spiro atoms. The van der Waals surface area contributed by atoms with Gasteiger partial charge in [0.25, 0.3) is 0 Å². The first-order valence-electron chi connectivity index (χ1n) is 6.13. The van der Waals surface area contributed by atoms with Crippen LogP contribution in [0.2, 0.25) is 5.02 Å². The topological polar surface area (TPSA) is 32.7 Å². The van der Waals surface area contributed by atoms with Gasteiger partial charge in [0, 0.05) is 23.7 Å². The summed E-state index contributed by atoms with van der Waals surface area (Å²) in [6.07, 6.45) is 0. The molecule has 0 heterocycles. The van der Waals surface area contributed by atoms with Crippen LogP contribution in [0, 0.1) is 0 Å². The average Bonchev–Trinajstić information content (AvgIpc) is 2.26. The van der Waals surface area contributed by atoms with Crippen LogP contribution >= 0.6 is 11.6 Å². The summed E-state index contributed by atoms with van der Waals surface area (Å²) in [5, 5.41) is 10.6. The Morgan fingerprint density at radius 3 is 2.56 bits per heavy atom. The van der Waals surface area contributed by atoms with E-state index in [1.54, 1.807) is 7.11 Å². The van der Waals surface area contributed by atoms with E-state index in [0.717, 1.165) is 17.9 Å². The third kappa shape index (κ3) is 4.84. The highest BCUT2D eigenvalue weighted by molar-refractivity contribution is 6.30. The van der Waals surface area contributed by atoms with E-state index >= 15 is 0 Å². The molecule has 0 aliphatic carbocycles. The quantitative estimate of drug-likeness (QED) is 0.864. The smallest absolute Gasteiger partial charge is 0.123 e. The monoisotopic (exact) mass is 271 g/mol. The maximum atomic E-state index is 9.88. The summed E-state index contributed by atoms with van der Waals surface area (Å²) < 4.78 is 5.33. The zero-order valence-corrected chi connectivity index (χ0v) is 12.3. The summed E-state index contributed by atoms with van der Waals surface area (Å²) in [5.74, 6) is 0.827. The molecule has 1 rings (SSSR count). The average molecular weight is 272 g/mol. The number of hydrogen-bond donors (Lipinski definition) is 1. The molecule has 0 fully saturated rings. The predicted octanol–water partition coefficient (Wildman–Crippen LogP) is 2.94. The van der Waals surface area contributed by atoms with Gasteiger partial charge in [0.15, 0.2) is 0 Å². The van der Waals surface area contributed by atoms with Crippen LogP contribution in [0.4, 0.5) is 0 Å². The van der Waals surface area contributed by atoms with Crippen LogP contribution in [0.1, 0.15) is 26.3 Å². The second-order valence-corrected chi connectivity index (χ2v) is 5.51. The first-order chi connectivity index (χ1) is 8.35. The van der Waals surface area contributed by atoms with Gasteiger partial charge in [-0.3, -0.25) is 4.90 Å². The van der Waals surface area contributed by atoms with Gasteiger partial charge in [0.05, 0.1) is 12.7 Å². The summed E-state index contributed by atoms with van der Waals surface area (Å²) in [5.41, 5.74) is 0.332. The summed E-state index contributed by atoms with van der Waals surface area (Å²) in [4.78, 5) is 2.16. The molecule has 0 aliphatic heterocycles. The van der Waals surface area contributed by atoms with Gasteiger partial charge in [-0.25, -0.2) is 0 Å². The Morgan fingerprint density at radius 1 is 1.39 bits per heavy atom. The minimum Gasteiger partial charge on any atom is -0.496 e. The maximum Gasteiger partial charge on any atom is 0.123 e. The minimum absolute atomic E-state index is 0.610. The molecule has 0 aromatic heterocycles. The normalized spacial score (nSPS) is 11.9. The van der Waals surface area contributed by atoms with E-state index in [1.165, 1.54) is 0 Å². The molecule has 0 amide bonds. The number of ether oxygens (including phenoxy) is 1. The lowest BCUT2D eigenvalue weighted by Crippen LogP contribution is -2.38. The van der Waals surface area contributed by atoms with Crippen molar-refractivity contribution in [3.8, 4) is 5.75 Å². The van der Waals surface area contributed by atoms with Gasteiger partial charge < -0.3 is 9.84 Å². The van der Waals surface area contributed by atoms with Crippen LogP contribution in [0.15, 0.2) is 18.2 Å². The fraction of sp³-hybridized carbons (Fsp3) is 0.571. The highest BCUT2D eigenvalue weighted by Gasteiger charge is 2.18. The number of rotatable bonds is 6. The SMILES string of the molecule is CCN(Cc1cc(Cl)ccc1OC)CC(C)(C)O. The molecular weight excluding hydrogens is 250 g/mol.